The molecule has 0 atom stereocenters. The average molecular weight is 345 g/mol. The lowest BCUT2D eigenvalue weighted by molar-refractivity contribution is -0.125. The van der Waals surface area contributed by atoms with Crippen LogP contribution < -0.4 is 14.8 Å². The molecule has 0 spiro atoms. The van der Waals surface area contributed by atoms with Gasteiger partial charge in [-0.1, -0.05) is 20.8 Å². The number of carbonyl (C=O) groups is 2. The summed E-state index contributed by atoms with van der Waals surface area (Å²) in [6.07, 6.45) is 0. The van der Waals surface area contributed by atoms with Gasteiger partial charge in [-0.25, -0.2) is 0 Å². The Bertz CT molecular complexity index is 725. The van der Waals surface area contributed by atoms with Crippen LogP contribution in [0.15, 0.2) is 40.8 Å². The van der Waals surface area contributed by atoms with Gasteiger partial charge in [0.1, 0.15) is 23.9 Å². The van der Waals surface area contributed by atoms with Gasteiger partial charge < -0.3 is 19.2 Å². The zero-order valence-electron chi connectivity index (χ0n) is 14.9. The standard InChI is InChI=1S/C19H23NO5/c1-19(2,3)17(21)11-20-18(22)16-10-9-15(25-16)12-24-14-7-5-13(23-4)6-8-14/h5-10H,11-12H2,1-4H3,(H,20,22). The maximum atomic E-state index is 12.0. The van der Waals surface area contributed by atoms with Crippen molar-refractivity contribution < 1.29 is 23.5 Å². The van der Waals surface area contributed by atoms with Crippen LogP contribution in [0.1, 0.15) is 37.1 Å². The molecule has 1 N–H and O–H groups in total. The molecule has 2 rings (SSSR count). The van der Waals surface area contributed by atoms with Crippen LogP contribution in [0, 0.1) is 5.41 Å². The van der Waals surface area contributed by atoms with E-state index in [2.05, 4.69) is 5.32 Å². The van der Waals surface area contributed by atoms with Gasteiger partial charge in [-0.2, -0.15) is 0 Å². The number of hydrogen-bond donors (Lipinski definition) is 1. The number of amides is 1. The predicted octanol–water partition coefficient (Wildman–Crippen LogP) is 3.21. The van der Waals surface area contributed by atoms with Crippen molar-refractivity contribution in [2.24, 2.45) is 5.41 Å². The number of rotatable bonds is 7. The van der Waals surface area contributed by atoms with Gasteiger partial charge in [-0.3, -0.25) is 9.59 Å². The first kappa shape index (κ1) is 18.6. The van der Waals surface area contributed by atoms with Crippen molar-refractivity contribution in [2.45, 2.75) is 27.4 Å². The summed E-state index contributed by atoms with van der Waals surface area (Å²) < 4.78 is 16.1. The number of benzene rings is 1. The number of furan rings is 1. The highest BCUT2D eigenvalue weighted by molar-refractivity contribution is 5.95. The number of ether oxygens (including phenoxy) is 2. The zero-order valence-corrected chi connectivity index (χ0v) is 14.9. The molecular formula is C19H23NO5. The van der Waals surface area contributed by atoms with Crippen LogP contribution in [0.3, 0.4) is 0 Å². The molecule has 1 aromatic heterocycles. The SMILES string of the molecule is COc1ccc(OCc2ccc(C(=O)NCC(=O)C(C)(C)C)o2)cc1. The topological polar surface area (TPSA) is 77.8 Å². The lowest BCUT2D eigenvalue weighted by Crippen LogP contribution is -2.35. The Hall–Kier alpha value is -2.76. The van der Waals surface area contributed by atoms with E-state index in [0.29, 0.717) is 11.5 Å². The molecule has 1 heterocycles. The molecule has 0 aliphatic rings. The predicted molar refractivity (Wildman–Crippen MR) is 92.8 cm³/mol. The van der Waals surface area contributed by atoms with E-state index in [1.165, 1.54) is 0 Å². The third kappa shape index (κ3) is 5.38. The van der Waals surface area contributed by atoms with Gasteiger partial charge in [-0.15, -0.1) is 0 Å². The van der Waals surface area contributed by atoms with Crippen molar-refractivity contribution in [3.63, 3.8) is 0 Å². The molecule has 6 heteroatoms. The first-order valence-corrected chi connectivity index (χ1v) is 7.96. The van der Waals surface area contributed by atoms with E-state index in [-0.39, 0.29) is 24.7 Å². The summed E-state index contributed by atoms with van der Waals surface area (Å²) in [7, 11) is 1.60. The molecule has 0 aliphatic carbocycles. The molecule has 0 bridgehead atoms. The van der Waals surface area contributed by atoms with Crippen LogP contribution >= 0.6 is 0 Å². The summed E-state index contributed by atoms with van der Waals surface area (Å²) >= 11 is 0. The van der Waals surface area contributed by atoms with Crippen molar-refractivity contribution in [3.05, 3.63) is 47.9 Å². The fourth-order valence-corrected chi connectivity index (χ4v) is 1.92. The second kappa shape index (κ2) is 7.88. The third-order valence-corrected chi connectivity index (χ3v) is 3.57. The highest BCUT2D eigenvalue weighted by Crippen LogP contribution is 2.19. The smallest absolute Gasteiger partial charge is 0.287 e. The minimum absolute atomic E-state index is 0.0271. The molecule has 1 amide bonds. The third-order valence-electron chi connectivity index (χ3n) is 3.57. The number of carbonyl (C=O) groups excluding carboxylic acids is 2. The molecule has 0 saturated carbocycles. The van der Waals surface area contributed by atoms with Crippen molar-refractivity contribution in [1.29, 1.82) is 0 Å². The van der Waals surface area contributed by atoms with Gasteiger partial charge in [0.05, 0.1) is 13.7 Å². The number of ketones is 1. The second-order valence-corrected chi connectivity index (χ2v) is 6.59. The maximum absolute atomic E-state index is 12.0. The number of nitrogens with one attached hydrogen (secondary N) is 1. The molecule has 0 unspecified atom stereocenters. The van der Waals surface area contributed by atoms with Crippen LogP contribution in [0.4, 0.5) is 0 Å². The van der Waals surface area contributed by atoms with Crippen molar-refractivity contribution in [2.75, 3.05) is 13.7 Å². The Morgan fingerprint density at radius 3 is 2.28 bits per heavy atom. The Morgan fingerprint density at radius 2 is 1.68 bits per heavy atom. The minimum Gasteiger partial charge on any atom is -0.497 e. The molecular weight excluding hydrogens is 322 g/mol. The van der Waals surface area contributed by atoms with E-state index in [1.54, 1.807) is 43.5 Å². The van der Waals surface area contributed by atoms with Gasteiger partial charge in [0.25, 0.3) is 5.91 Å². The van der Waals surface area contributed by atoms with E-state index in [1.807, 2.05) is 20.8 Å². The molecule has 0 radical (unpaired) electrons. The van der Waals surface area contributed by atoms with E-state index in [0.717, 1.165) is 5.75 Å². The Balaban J connectivity index is 1.86. The van der Waals surface area contributed by atoms with Crippen molar-refractivity contribution in [3.8, 4) is 11.5 Å². The number of hydrogen-bond acceptors (Lipinski definition) is 5. The summed E-state index contributed by atoms with van der Waals surface area (Å²) in [5.74, 6) is 1.61. The van der Waals surface area contributed by atoms with E-state index in [9.17, 15) is 9.59 Å². The van der Waals surface area contributed by atoms with Gasteiger partial charge in [-0.05, 0) is 36.4 Å². The second-order valence-electron chi connectivity index (χ2n) is 6.59. The highest BCUT2D eigenvalue weighted by atomic mass is 16.5. The first-order valence-electron chi connectivity index (χ1n) is 7.96. The molecule has 0 aliphatic heterocycles. The lowest BCUT2D eigenvalue weighted by atomic mass is 9.91. The summed E-state index contributed by atoms with van der Waals surface area (Å²) in [5.41, 5.74) is -0.492. The zero-order chi connectivity index (χ0) is 18.4. The molecule has 0 saturated heterocycles. The highest BCUT2D eigenvalue weighted by Gasteiger charge is 2.22. The van der Waals surface area contributed by atoms with E-state index in [4.69, 9.17) is 13.9 Å². The van der Waals surface area contributed by atoms with Gasteiger partial charge in [0.15, 0.2) is 11.5 Å². The van der Waals surface area contributed by atoms with Crippen molar-refractivity contribution >= 4 is 11.7 Å². The Labute approximate surface area is 147 Å². The average Bonchev–Trinajstić information content (AvgIpc) is 3.06. The summed E-state index contributed by atoms with van der Waals surface area (Å²) in [5, 5.41) is 2.57. The lowest BCUT2D eigenvalue weighted by Gasteiger charge is -2.16. The van der Waals surface area contributed by atoms with Crippen LogP contribution in [-0.4, -0.2) is 25.3 Å². The van der Waals surface area contributed by atoms with Crippen molar-refractivity contribution in [1.82, 2.24) is 5.32 Å². The fourth-order valence-electron chi connectivity index (χ4n) is 1.92. The van der Waals surface area contributed by atoms with Crippen LogP contribution in [0.5, 0.6) is 11.5 Å². The Morgan fingerprint density at radius 1 is 1.04 bits per heavy atom. The Kier molecular flexibility index (Phi) is 5.85. The van der Waals surface area contributed by atoms with E-state index < -0.39 is 11.3 Å². The summed E-state index contributed by atoms with van der Waals surface area (Å²) in [6.45, 7) is 5.59. The largest absolute Gasteiger partial charge is 0.497 e. The number of Topliss-reactive ketones (excluding diaryl/α,β-unsaturated/α-hetero) is 1. The normalized spacial score (nSPS) is 11.0. The summed E-state index contributed by atoms with van der Waals surface area (Å²) in [6, 6.07) is 10.4. The molecule has 25 heavy (non-hydrogen) atoms. The molecule has 1 aromatic carbocycles. The van der Waals surface area contributed by atoms with E-state index >= 15 is 0 Å². The van der Waals surface area contributed by atoms with Crippen LogP contribution in [0.2, 0.25) is 0 Å². The van der Waals surface area contributed by atoms with Crippen LogP contribution in [0.25, 0.3) is 0 Å². The fraction of sp³-hybridized carbons (Fsp3) is 0.368. The van der Waals surface area contributed by atoms with Gasteiger partial charge in [0.2, 0.25) is 0 Å². The summed E-state index contributed by atoms with van der Waals surface area (Å²) in [4.78, 5) is 23.9. The van der Waals surface area contributed by atoms with Crippen LogP contribution in [-0.2, 0) is 11.4 Å². The molecule has 2 aromatic rings. The number of methoxy groups -OCH3 is 1. The molecule has 0 fully saturated rings. The first-order chi connectivity index (χ1) is 11.8. The van der Waals surface area contributed by atoms with Gasteiger partial charge >= 0.3 is 0 Å². The minimum atomic E-state index is -0.492. The monoisotopic (exact) mass is 345 g/mol. The molecule has 6 nitrogen and oxygen atoms in total. The molecule has 134 valence electrons. The van der Waals surface area contributed by atoms with Gasteiger partial charge in [0, 0.05) is 5.41 Å². The quantitative estimate of drug-likeness (QED) is 0.834. The maximum Gasteiger partial charge on any atom is 0.287 e.